The second-order valence-corrected chi connectivity index (χ2v) is 5.86. The number of carbonyl (C=O) groups is 1. The van der Waals surface area contributed by atoms with Crippen LogP contribution in [0.3, 0.4) is 0 Å². The Kier molecular flexibility index (Phi) is 5.49. The molecule has 1 aliphatic heterocycles. The molecule has 0 spiro atoms. The lowest BCUT2D eigenvalue weighted by molar-refractivity contribution is -0.137. The molecule has 0 saturated carbocycles. The van der Waals surface area contributed by atoms with Crippen LogP contribution in [0.5, 0.6) is 17.2 Å². The number of nitrogens with zero attached hydrogens (tertiary/aromatic N) is 1. The fraction of sp³-hybridized carbons (Fsp3) is 0.200. The molecule has 0 fully saturated rings. The van der Waals surface area contributed by atoms with E-state index < -0.39 is 17.7 Å². The Morgan fingerprint density at radius 3 is 2.07 bits per heavy atom. The van der Waals surface area contributed by atoms with E-state index in [1.807, 2.05) is 0 Å². The summed E-state index contributed by atoms with van der Waals surface area (Å²) < 4.78 is 58.9. The van der Waals surface area contributed by atoms with Crippen molar-refractivity contribution in [2.24, 2.45) is 4.99 Å². The minimum atomic E-state index is -4.46. The predicted molar refractivity (Wildman–Crippen MR) is 98.1 cm³/mol. The SMILES string of the molecule is COc1cc(OC)c(OC)cc1/C=C1/N=C(c2ccc(C(F)(F)F)cc2)OC1=O. The van der Waals surface area contributed by atoms with Crippen LogP contribution in [0, 0.1) is 0 Å². The third kappa shape index (κ3) is 4.18. The van der Waals surface area contributed by atoms with Crippen LogP contribution >= 0.6 is 0 Å². The van der Waals surface area contributed by atoms with Crippen molar-refractivity contribution >= 4 is 17.9 Å². The minimum Gasteiger partial charge on any atom is -0.496 e. The molecule has 0 atom stereocenters. The van der Waals surface area contributed by atoms with Crippen molar-refractivity contribution < 1.29 is 36.9 Å². The van der Waals surface area contributed by atoms with Gasteiger partial charge in [0.2, 0.25) is 5.90 Å². The molecule has 0 saturated heterocycles. The first-order chi connectivity index (χ1) is 13.8. The van der Waals surface area contributed by atoms with E-state index in [9.17, 15) is 18.0 Å². The lowest BCUT2D eigenvalue weighted by Gasteiger charge is -2.12. The number of benzene rings is 2. The number of aliphatic imine (C=N–C) groups is 1. The van der Waals surface area contributed by atoms with Crippen molar-refractivity contribution in [1.82, 2.24) is 0 Å². The number of esters is 1. The number of hydrogen-bond donors (Lipinski definition) is 0. The molecular formula is C20H16F3NO5. The van der Waals surface area contributed by atoms with E-state index in [2.05, 4.69) is 4.99 Å². The maximum Gasteiger partial charge on any atom is 0.416 e. The minimum absolute atomic E-state index is 0.0367. The molecule has 0 bridgehead atoms. The fourth-order valence-corrected chi connectivity index (χ4v) is 2.65. The first kappa shape index (κ1) is 20.2. The third-order valence-corrected chi connectivity index (χ3v) is 4.11. The van der Waals surface area contributed by atoms with E-state index in [-0.39, 0.29) is 17.2 Å². The molecule has 2 aromatic carbocycles. The van der Waals surface area contributed by atoms with Gasteiger partial charge in [-0.1, -0.05) is 0 Å². The van der Waals surface area contributed by atoms with Gasteiger partial charge in [-0.3, -0.25) is 0 Å². The van der Waals surface area contributed by atoms with Crippen molar-refractivity contribution in [3.8, 4) is 17.2 Å². The zero-order valence-corrected chi connectivity index (χ0v) is 15.7. The number of halogens is 3. The summed E-state index contributed by atoms with van der Waals surface area (Å²) in [5.74, 6) is 0.431. The highest BCUT2D eigenvalue weighted by molar-refractivity contribution is 6.13. The standard InChI is InChI=1S/C20H16F3NO5/c1-26-15-10-17(28-3)16(27-2)9-12(15)8-14-19(25)29-18(24-14)11-4-6-13(7-5-11)20(21,22)23/h4-10H,1-3H3/b14-8+. The molecule has 1 aliphatic rings. The van der Waals surface area contributed by atoms with Crippen molar-refractivity contribution in [3.05, 3.63) is 58.8 Å². The van der Waals surface area contributed by atoms with Crippen molar-refractivity contribution in [1.29, 1.82) is 0 Å². The number of rotatable bonds is 5. The summed E-state index contributed by atoms with van der Waals surface area (Å²) >= 11 is 0. The lowest BCUT2D eigenvalue weighted by atomic mass is 10.1. The predicted octanol–water partition coefficient (Wildman–Crippen LogP) is 4.08. The quantitative estimate of drug-likeness (QED) is 0.552. The summed E-state index contributed by atoms with van der Waals surface area (Å²) in [7, 11) is 4.39. The van der Waals surface area contributed by atoms with Gasteiger partial charge in [0.05, 0.1) is 26.9 Å². The number of cyclic esters (lactones) is 1. The number of ether oxygens (including phenoxy) is 4. The average Bonchev–Trinajstić information content (AvgIpc) is 3.07. The summed E-state index contributed by atoms with van der Waals surface area (Å²) in [5, 5.41) is 0. The van der Waals surface area contributed by atoms with Gasteiger partial charge >= 0.3 is 12.1 Å². The highest BCUT2D eigenvalue weighted by Gasteiger charge is 2.31. The Morgan fingerprint density at radius 1 is 0.931 bits per heavy atom. The van der Waals surface area contributed by atoms with Crippen LogP contribution in [0.25, 0.3) is 6.08 Å². The molecule has 152 valence electrons. The second-order valence-electron chi connectivity index (χ2n) is 5.86. The highest BCUT2D eigenvalue weighted by Crippen LogP contribution is 2.36. The summed E-state index contributed by atoms with van der Waals surface area (Å²) in [5.41, 5.74) is -0.119. The van der Waals surface area contributed by atoms with Crippen LogP contribution in [0.2, 0.25) is 0 Å². The zero-order chi connectivity index (χ0) is 21.2. The van der Waals surface area contributed by atoms with Gasteiger partial charge in [0.1, 0.15) is 5.75 Å². The highest BCUT2D eigenvalue weighted by atomic mass is 19.4. The molecule has 2 aromatic rings. The molecule has 1 heterocycles. The van der Waals surface area contributed by atoms with E-state index in [1.54, 1.807) is 12.1 Å². The maximum atomic E-state index is 12.7. The number of hydrogen-bond acceptors (Lipinski definition) is 6. The van der Waals surface area contributed by atoms with E-state index in [0.717, 1.165) is 12.1 Å². The largest absolute Gasteiger partial charge is 0.496 e. The van der Waals surface area contributed by atoms with Crippen LogP contribution in [-0.2, 0) is 15.7 Å². The first-order valence-corrected chi connectivity index (χ1v) is 8.27. The van der Waals surface area contributed by atoms with Gasteiger partial charge in [-0.25, -0.2) is 9.79 Å². The number of carbonyl (C=O) groups excluding carboxylic acids is 1. The van der Waals surface area contributed by atoms with Crippen LogP contribution < -0.4 is 14.2 Å². The summed E-state index contributed by atoms with van der Waals surface area (Å²) in [4.78, 5) is 16.3. The maximum absolute atomic E-state index is 12.7. The van der Waals surface area contributed by atoms with Gasteiger partial charge < -0.3 is 18.9 Å². The fourth-order valence-electron chi connectivity index (χ4n) is 2.65. The lowest BCUT2D eigenvalue weighted by Crippen LogP contribution is -2.08. The first-order valence-electron chi connectivity index (χ1n) is 8.27. The molecule has 0 radical (unpaired) electrons. The molecule has 0 N–H and O–H groups in total. The van der Waals surface area contributed by atoms with E-state index in [1.165, 1.54) is 39.5 Å². The van der Waals surface area contributed by atoms with Gasteiger partial charge in [0.25, 0.3) is 0 Å². The van der Waals surface area contributed by atoms with Gasteiger partial charge in [-0.05, 0) is 36.4 Å². The van der Waals surface area contributed by atoms with Crippen molar-refractivity contribution in [2.75, 3.05) is 21.3 Å². The Labute approximate surface area is 164 Å². The normalized spacial score (nSPS) is 15.2. The van der Waals surface area contributed by atoms with Crippen LogP contribution in [0.15, 0.2) is 47.1 Å². The molecule has 0 amide bonds. The molecule has 3 rings (SSSR count). The number of alkyl halides is 3. The Bertz CT molecular complexity index is 994. The summed E-state index contributed by atoms with van der Waals surface area (Å²) in [6.07, 6.45) is -3.03. The smallest absolute Gasteiger partial charge is 0.416 e. The Morgan fingerprint density at radius 2 is 1.52 bits per heavy atom. The topological polar surface area (TPSA) is 66.3 Å². The van der Waals surface area contributed by atoms with E-state index >= 15 is 0 Å². The zero-order valence-electron chi connectivity index (χ0n) is 15.7. The van der Waals surface area contributed by atoms with Gasteiger partial charge in [0.15, 0.2) is 17.2 Å². The Hall–Kier alpha value is -3.49. The summed E-state index contributed by atoms with van der Waals surface area (Å²) in [6.45, 7) is 0. The molecule has 0 aromatic heterocycles. The average molecular weight is 407 g/mol. The van der Waals surface area contributed by atoms with Crippen molar-refractivity contribution in [3.63, 3.8) is 0 Å². The van der Waals surface area contributed by atoms with E-state index in [4.69, 9.17) is 18.9 Å². The Balaban J connectivity index is 1.97. The third-order valence-electron chi connectivity index (χ3n) is 4.11. The van der Waals surface area contributed by atoms with Gasteiger partial charge in [-0.15, -0.1) is 0 Å². The molecule has 0 aliphatic carbocycles. The molecule has 6 nitrogen and oxygen atoms in total. The van der Waals surface area contributed by atoms with E-state index in [0.29, 0.717) is 22.8 Å². The second kappa shape index (κ2) is 7.86. The van der Waals surface area contributed by atoms with Gasteiger partial charge in [-0.2, -0.15) is 13.2 Å². The number of methoxy groups -OCH3 is 3. The molecule has 29 heavy (non-hydrogen) atoms. The van der Waals surface area contributed by atoms with Crippen LogP contribution in [0.4, 0.5) is 13.2 Å². The van der Waals surface area contributed by atoms with Crippen molar-refractivity contribution in [2.45, 2.75) is 6.18 Å². The van der Waals surface area contributed by atoms with Crippen LogP contribution in [-0.4, -0.2) is 33.2 Å². The van der Waals surface area contributed by atoms with Crippen LogP contribution in [0.1, 0.15) is 16.7 Å². The van der Waals surface area contributed by atoms with Gasteiger partial charge in [0, 0.05) is 17.2 Å². The molecule has 0 unspecified atom stereocenters. The summed E-state index contributed by atoms with van der Waals surface area (Å²) in [6, 6.07) is 7.36. The molecular weight excluding hydrogens is 391 g/mol. The molecule has 9 heteroatoms. The monoisotopic (exact) mass is 407 g/mol.